The summed E-state index contributed by atoms with van der Waals surface area (Å²) in [5, 5.41) is 0. The molecule has 0 aliphatic heterocycles. The number of anilines is 3. The van der Waals surface area contributed by atoms with Crippen molar-refractivity contribution in [2.75, 3.05) is 4.90 Å². The smallest absolute Gasteiger partial charge is 0.0543 e. The predicted molar refractivity (Wildman–Crippen MR) is 220 cm³/mol. The molecular weight excluding hydrogens is 627 g/mol. The van der Waals surface area contributed by atoms with E-state index >= 15 is 0 Å². The maximum absolute atomic E-state index is 2.49. The summed E-state index contributed by atoms with van der Waals surface area (Å²) in [4.78, 5) is 2.49. The first-order chi connectivity index (χ1) is 25.6. The van der Waals surface area contributed by atoms with Crippen molar-refractivity contribution in [2.24, 2.45) is 0 Å². The molecule has 248 valence electrons. The molecule has 9 rings (SSSR count). The van der Waals surface area contributed by atoms with Crippen molar-refractivity contribution < 1.29 is 0 Å². The highest BCUT2D eigenvalue weighted by Crippen LogP contribution is 2.55. The number of fused-ring (bicyclic) bond motifs is 3. The molecule has 0 atom stereocenters. The Morgan fingerprint density at radius 1 is 0.308 bits per heavy atom. The molecule has 1 nitrogen and oxygen atoms in total. The van der Waals surface area contributed by atoms with Crippen LogP contribution in [0.3, 0.4) is 0 Å². The van der Waals surface area contributed by atoms with Gasteiger partial charge in [-0.3, -0.25) is 0 Å². The van der Waals surface area contributed by atoms with Crippen LogP contribution >= 0.6 is 0 Å². The van der Waals surface area contributed by atoms with Crippen LogP contribution in [-0.2, 0) is 5.41 Å². The molecule has 0 heterocycles. The molecule has 0 aromatic heterocycles. The third-order valence-corrected chi connectivity index (χ3v) is 10.7. The first-order valence-electron chi connectivity index (χ1n) is 18.1. The largest absolute Gasteiger partial charge is 0.309 e. The molecule has 8 aromatic rings. The summed E-state index contributed by atoms with van der Waals surface area (Å²) in [6.45, 7) is 4.71. The highest BCUT2D eigenvalue weighted by atomic mass is 15.1. The molecule has 0 bridgehead atoms. The van der Waals surface area contributed by atoms with Crippen LogP contribution in [0.25, 0.3) is 55.6 Å². The van der Waals surface area contributed by atoms with Crippen molar-refractivity contribution in [2.45, 2.75) is 19.3 Å². The molecule has 52 heavy (non-hydrogen) atoms. The van der Waals surface area contributed by atoms with Gasteiger partial charge in [-0.05, 0) is 79.9 Å². The fraction of sp³-hybridized carbons (Fsp3) is 0.0588. The van der Waals surface area contributed by atoms with E-state index < -0.39 is 0 Å². The summed E-state index contributed by atoms with van der Waals surface area (Å²) in [6.07, 6.45) is 0. The van der Waals surface area contributed by atoms with E-state index in [4.69, 9.17) is 0 Å². The Kier molecular flexibility index (Phi) is 7.90. The third-order valence-electron chi connectivity index (χ3n) is 10.7. The van der Waals surface area contributed by atoms with Gasteiger partial charge in [0.1, 0.15) is 0 Å². The molecule has 0 radical (unpaired) electrons. The quantitative estimate of drug-likeness (QED) is 0.164. The van der Waals surface area contributed by atoms with E-state index in [1.807, 2.05) is 0 Å². The van der Waals surface area contributed by atoms with Gasteiger partial charge in [-0.25, -0.2) is 0 Å². The molecule has 0 saturated heterocycles. The summed E-state index contributed by atoms with van der Waals surface area (Å²) >= 11 is 0. The number of para-hydroxylation sites is 1. The average molecular weight is 666 g/mol. The SMILES string of the molecule is CC1(C)c2ccccc2-c2c(N(c3ccc(-c4ccccc4)cc3)c3ccccc3-c3ccccc3-c3ccccc3-c3ccccc3)cccc21. The minimum absolute atomic E-state index is 0.113. The maximum Gasteiger partial charge on any atom is 0.0543 e. The van der Waals surface area contributed by atoms with E-state index in [-0.39, 0.29) is 5.41 Å². The van der Waals surface area contributed by atoms with E-state index in [0.717, 1.165) is 11.4 Å². The van der Waals surface area contributed by atoms with Gasteiger partial charge < -0.3 is 4.90 Å². The molecular formula is C51H39N. The lowest BCUT2D eigenvalue weighted by Gasteiger charge is -2.31. The van der Waals surface area contributed by atoms with Crippen LogP contribution in [-0.4, -0.2) is 0 Å². The van der Waals surface area contributed by atoms with Crippen molar-refractivity contribution >= 4 is 17.1 Å². The molecule has 0 N–H and O–H groups in total. The van der Waals surface area contributed by atoms with Gasteiger partial charge in [-0.15, -0.1) is 0 Å². The van der Waals surface area contributed by atoms with Gasteiger partial charge in [0, 0.05) is 22.2 Å². The Balaban J connectivity index is 1.28. The normalized spacial score (nSPS) is 12.6. The zero-order chi connectivity index (χ0) is 35.1. The average Bonchev–Trinajstić information content (AvgIpc) is 3.45. The molecule has 0 unspecified atom stereocenters. The van der Waals surface area contributed by atoms with Crippen LogP contribution in [0.2, 0.25) is 0 Å². The van der Waals surface area contributed by atoms with E-state index in [0.29, 0.717) is 0 Å². The van der Waals surface area contributed by atoms with Gasteiger partial charge in [0.05, 0.1) is 11.4 Å². The van der Waals surface area contributed by atoms with Crippen molar-refractivity contribution in [3.63, 3.8) is 0 Å². The van der Waals surface area contributed by atoms with Crippen LogP contribution < -0.4 is 4.90 Å². The number of hydrogen-bond donors (Lipinski definition) is 0. The minimum Gasteiger partial charge on any atom is -0.309 e. The second-order valence-corrected chi connectivity index (χ2v) is 14.1. The van der Waals surface area contributed by atoms with Crippen molar-refractivity contribution in [1.82, 2.24) is 0 Å². The number of benzene rings is 8. The van der Waals surface area contributed by atoms with Crippen molar-refractivity contribution in [3.8, 4) is 55.6 Å². The highest BCUT2D eigenvalue weighted by Gasteiger charge is 2.38. The van der Waals surface area contributed by atoms with Gasteiger partial charge in [-0.1, -0.05) is 190 Å². The van der Waals surface area contributed by atoms with Crippen LogP contribution in [0.15, 0.2) is 200 Å². The van der Waals surface area contributed by atoms with Gasteiger partial charge in [0.15, 0.2) is 0 Å². The molecule has 8 aromatic carbocycles. The summed E-state index contributed by atoms with van der Waals surface area (Å²) in [7, 11) is 0. The lowest BCUT2D eigenvalue weighted by molar-refractivity contribution is 0.660. The molecule has 1 aliphatic rings. The van der Waals surface area contributed by atoms with Crippen LogP contribution in [0.5, 0.6) is 0 Å². The van der Waals surface area contributed by atoms with Crippen LogP contribution in [0.1, 0.15) is 25.0 Å². The van der Waals surface area contributed by atoms with Crippen LogP contribution in [0, 0.1) is 0 Å². The maximum atomic E-state index is 2.49. The van der Waals surface area contributed by atoms with Gasteiger partial charge in [-0.2, -0.15) is 0 Å². The summed E-state index contributed by atoms with van der Waals surface area (Å²) in [6, 6.07) is 72.8. The molecule has 0 spiro atoms. The van der Waals surface area contributed by atoms with E-state index in [1.165, 1.54) is 72.4 Å². The first kappa shape index (κ1) is 31.5. The van der Waals surface area contributed by atoms with E-state index in [9.17, 15) is 0 Å². The van der Waals surface area contributed by atoms with Gasteiger partial charge in [0.25, 0.3) is 0 Å². The minimum atomic E-state index is -0.113. The Bertz CT molecular complexity index is 2530. The predicted octanol–water partition coefficient (Wildman–Crippen LogP) is 14.1. The number of nitrogens with zero attached hydrogens (tertiary/aromatic N) is 1. The molecule has 0 saturated carbocycles. The van der Waals surface area contributed by atoms with E-state index in [2.05, 4.69) is 219 Å². The highest BCUT2D eigenvalue weighted by molar-refractivity contribution is 6.00. The zero-order valence-corrected chi connectivity index (χ0v) is 29.5. The molecule has 0 amide bonds. The van der Waals surface area contributed by atoms with Crippen molar-refractivity contribution in [3.05, 3.63) is 211 Å². The monoisotopic (exact) mass is 665 g/mol. The molecule has 0 fully saturated rings. The Hall–Kier alpha value is -6.44. The summed E-state index contributed by atoms with van der Waals surface area (Å²) in [5.41, 5.74) is 18.3. The lowest BCUT2D eigenvalue weighted by atomic mass is 9.82. The standard InChI is InChI=1S/C51H39N/c1-51(2)46-28-15-13-27-45(46)50-47(51)29-17-31-49(50)52(39-34-32-37(33-35-39)36-18-5-3-6-19-36)48-30-16-14-26-44(48)43-25-12-11-24-42(43)41-23-10-9-22-40(41)38-20-7-4-8-21-38/h3-35H,1-2H3. The lowest BCUT2D eigenvalue weighted by Crippen LogP contribution is -2.16. The van der Waals surface area contributed by atoms with E-state index in [1.54, 1.807) is 0 Å². The number of hydrogen-bond acceptors (Lipinski definition) is 1. The van der Waals surface area contributed by atoms with Crippen LogP contribution in [0.4, 0.5) is 17.1 Å². The Labute approximate surface area is 307 Å². The first-order valence-corrected chi connectivity index (χ1v) is 18.1. The molecule has 1 aliphatic carbocycles. The second-order valence-electron chi connectivity index (χ2n) is 14.1. The van der Waals surface area contributed by atoms with Crippen molar-refractivity contribution in [1.29, 1.82) is 0 Å². The molecule has 1 heteroatoms. The number of rotatable bonds is 7. The third kappa shape index (κ3) is 5.34. The van der Waals surface area contributed by atoms with Gasteiger partial charge >= 0.3 is 0 Å². The zero-order valence-electron chi connectivity index (χ0n) is 29.5. The van der Waals surface area contributed by atoms with Gasteiger partial charge in [0.2, 0.25) is 0 Å². The topological polar surface area (TPSA) is 3.24 Å². The Morgan fingerprint density at radius 3 is 1.42 bits per heavy atom. The Morgan fingerprint density at radius 2 is 0.750 bits per heavy atom. The summed E-state index contributed by atoms with van der Waals surface area (Å²) < 4.78 is 0. The summed E-state index contributed by atoms with van der Waals surface area (Å²) in [5.74, 6) is 0. The fourth-order valence-electron chi connectivity index (χ4n) is 8.20. The fourth-order valence-corrected chi connectivity index (χ4v) is 8.20. The second kappa shape index (κ2) is 13.0.